The van der Waals surface area contributed by atoms with Gasteiger partial charge in [0.1, 0.15) is 5.76 Å². The Balaban J connectivity index is 1.72. The molecule has 2 aromatic heterocycles. The van der Waals surface area contributed by atoms with Gasteiger partial charge in [-0.2, -0.15) is 4.98 Å². The van der Waals surface area contributed by atoms with E-state index in [1.165, 1.54) is 12.8 Å². The lowest BCUT2D eigenvalue weighted by molar-refractivity contribution is 0.306. The van der Waals surface area contributed by atoms with Crippen molar-refractivity contribution >= 4 is 0 Å². The van der Waals surface area contributed by atoms with E-state index in [1.54, 1.807) is 6.26 Å². The molecule has 0 spiro atoms. The second-order valence-electron chi connectivity index (χ2n) is 5.18. The number of hydrogen-bond acceptors (Lipinski definition) is 6. The van der Waals surface area contributed by atoms with Gasteiger partial charge in [-0.05, 0) is 32.0 Å². The first-order valence-electron chi connectivity index (χ1n) is 7.16. The predicted molar refractivity (Wildman–Crippen MR) is 74.0 cm³/mol. The van der Waals surface area contributed by atoms with Gasteiger partial charge in [0.25, 0.3) is 5.89 Å². The van der Waals surface area contributed by atoms with Crippen LogP contribution >= 0.6 is 0 Å². The van der Waals surface area contributed by atoms with Crippen molar-refractivity contribution in [2.75, 3.05) is 19.6 Å². The highest BCUT2D eigenvalue weighted by molar-refractivity contribution is 5.55. The lowest BCUT2D eigenvalue weighted by atomic mass is 10.2. The third-order valence-electron chi connectivity index (χ3n) is 3.72. The van der Waals surface area contributed by atoms with E-state index < -0.39 is 0 Å². The van der Waals surface area contributed by atoms with Crippen LogP contribution in [-0.2, 0) is 6.42 Å². The summed E-state index contributed by atoms with van der Waals surface area (Å²) in [5.41, 5.74) is 7.02. The van der Waals surface area contributed by atoms with Gasteiger partial charge < -0.3 is 19.6 Å². The van der Waals surface area contributed by atoms with Crippen LogP contribution in [0.15, 0.2) is 21.3 Å². The quantitative estimate of drug-likeness (QED) is 0.899. The maximum Gasteiger partial charge on any atom is 0.261 e. The molecule has 108 valence electrons. The molecule has 2 N–H and O–H groups in total. The second-order valence-corrected chi connectivity index (χ2v) is 5.18. The fourth-order valence-corrected chi connectivity index (χ4v) is 2.62. The van der Waals surface area contributed by atoms with Gasteiger partial charge in [0, 0.05) is 13.0 Å². The molecule has 3 rings (SSSR count). The van der Waals surface area contributed by atoms with Gasteiger partial charge in [-0.25, -0.2) is 0 Å². The van der Waals surface area contributed by atoms with Crippen molar-refractivity contribution < 1.29 is 8.94 Å². The Kier molecular flexibility index (Phi) is 3.84. The highest BCUT2D eigenvalue weighted by Crippen LogP contribution is 2.24. The van der Waals surface area contributed by atoms with Gasteiger partial charge in [-0.3, -0.25) is 0 Å². The van der Waals surface area contributed by atoms with E-state index in [-0.39, 0.29) is 6.04 Å². The van der Waals surface area contributed by atoms with E-state index >= 15 is 0 Å². The van der Waals surface area contributed by atoms with Gasteiger partial charge >= 0.3 is 0 Å². The monoisotopic (exact) mass is 276 g/mol. The summed E-state index contributed by atoms with van der Waals surface area (Å²) < 4.78 is 10.7. The molecule has 0 aliphatic carbocycles. The largest absolute Gasteiger partial charge is 0.469 e. The molecule has 6 heteroatoms. The highest BCUT2D eigenvalue weighted by atomic mass is 16.5. The fourth-order valence-electron chi connectivity index (χ4n) is 2.62. The Hall–Kier alpha value is -1.66. The maximum absolute atomic E-state index is 6.16. The van der Waals surface area contributed by atoms with Gasteiger partial charge in [-0.1, -0.05) is 12.1 Å². The molecule has 0 bridgehead atoms. The summed E-state index contributed by atoms with van der Waals surface area (Å²) in [6, 6.07) is 1.64. The van der Waals surface area contributed by atoms with Crippen molar-refractivity contribution in [1.29, 1.82) is 0 Å². The number of hydrogen-bond donors (Lipinski definition) is 1. The lowest BCUT2D eigenvalue weighted by Gasteiger charge is -2.17. The number of likely N-dealkylation sites (tertiary alicyclic amines) is 1. The molecule has 20 heavy (non-hydrogen) atoms. The fraction of sp³-hybridized carbons (Fsp3) is 0.571. The van der Waals surface area contributed by atoms with Gasteiger partial charge in [-0.15, -0.1) is 0 Å². The average molecular weight is 276 g/mol. The predicted octanol–water partition coefficient (Wildman–Crippen LogP) is 1.99. The van der Waals surface area contributed by atoms with Crippen molar-refractivity contribution in [3.63, 3.8) is 0 Å². The summed E-state index contributed by atoms with van der Waals surface area (Å²) in [5, 5.41) is 4.01. The number of furan rings is 1. The van der Waals surface area contributed by atoms with Crippen LogP contribution in [0.4, 0.5) is 0 Å². The molecule has 0 radical (unpaired) electrons. The molecule has 3 heterocycles. The molecule has 1 fully saturated rings. The summed E-state index contributed by atoms with van der Waals surface area (Å²) in [4.78, 5) is 6.76. The number of nitrogens with zero attached hydrogens (tertiary/aromatic N) is 3. The zero-order valence-corrected chi connectivity index (χ0v) is 11.7. The van der Waals surface area contributed by atoms with Crippen molar-refractivity contribution in [3.05, 3.63) is 23.9 Å². The smallest absolute Gasteiger partial charge is 0.261 e. The molecule has 0 saturated carbocycles. The van der Waals surface area contributed by atoms with Crippen molar-refractivity contribution in [2.24, 2.45) is 5.73 Å². The van der Waals surface area contributed by atoms with Gasteiger partial charge in [0.05, 0.1) is 17.9 Å². The zero-order valence-electron chi connectivity index (χ0n) is 11.7. The maximum atomic E-state index is 6.16. The lowest BCUT2D eigenvalue weighted by Crippen LogP contribution is -2.30. The minimum absolute atomic E-state index is 0.206. The van der Waals surface area contributed by atoms with Crippen LogP contribution in [0.5, 0.6) is 0 Å². The molecule has 6 nitrogen and oxygen atoms in total. The minimum Gasteiger partial charge on any atom is -0.469 e. The zero-order chi connectivity index (χ0) is 13.9. The van der Waals surface area contributed by atoms with Crippen LogP contribution in [0.1, 0.15) is 37.4 Å². The molecule has 1 saturated heterocycles. The van der Waals surface area contributed by atoms with E-state index in [4.69, 9.17) is 14.7 Å². The molecule has 1 aliphatic heterocycles. The summed E-state index contributed by atoms with van der Waals surface area (Å²) >= 11 is 0. The van der Waals surface area contributed by atoms with Gasteiger partial charge in [0.2, 0.25) is 0 Å². The Morgan fingerprint density at radius 3 is 2.95 bits per heavy atom. The van der Waals surface area contributed by atoms with Gasteiger partial charge in [0.15, 0.2) is 5.82 Å². The topological polar surface area (TPSA) is 81.3 Å². The van der Waals surface area contributed by atoms with Crippen LogP contribution in [0, 0.1) is 0 Å². The molecule has 1 atom stereocenters. The Bertz CT molecular complexity index is 557. The number of aromatic nitrogens is 2. The van der Waals surface area contributed by atoms with Crippen LogP contribution in [-0.4, -0.2) is 34.7 Å². The molecular formula is C14H20N4O2. The number of rotatable bonds is 5. The number of nitrogens with two attached hydrogens (primary N) is 1. The highest BCUT2D eigenvalue weighted by Gasteiger charge is 2.21. The summed E-state index contributed by atoms with van der Waals surface area (Å²) in [6.45, 7) is 5.03. The van der Waals surface area contributed by atoms with Crippen molar-refractivity contribution in [2.45, 2.75) is 32.2 Å². The third-order valence-corrected chi connectivity index (χ3v) is 3.72. The summed E-state index contributed by atoms with van der Waals surface area (Å²) in [5.74, 6) is 1.91. The first-order chi connectivity index (χ1) is 9.78. The van der Waals surface area contributed by atoms with Crippen LogP contribution in [0.25, 0.3) is 11.5 Å². The second kappa shape index (κ2) is 5.76. The van der Waals surface area contributed by atoms with Crippen molar-refractivity contribution in [1.82, 2.24) is 15.0 Å². The van der Waals surface area contributed by atoms with Crippen LogP contribution < -0.4 is 5.73 Å². The Morgan fingerprint density at radius 1 is 1.40 bits per heavy atom. The SMILES string of the molecule is CCc1occc1-c1nc(C(N)CN2CCCC2)no1. The van der Waals surface area contributed by atoms with E-state index in [0.717, 1.165) is 37.4 Å². The Labute approximate surface area is 117 Å². The standard InChI is InChI=1S/C14H20N4O2/c1-2-12-10(5-8-19-12)14-16-13(17-20-14)11(15)9-18-6-3-4-7-18/h5,8,11H,2-4,6-7,9,15H2,1H3. The van der Waals surface area contributed by atoms with E-state index in [2.05, 4.69) is 15.0 Å². The minimum atomic E-state index is -0.206. The first kappa shape index (κ1) is 13.3. The summed E-state index contributed by atoms with van der Waals surface area (Å²) in [6.07, 6.45) is 4.93. The first-order valence-corrected chi connectivity index (χ1v) is 7.16. The molecule has 2 aromatic rings. The Morgan fingerprint density at radius 2 is 2.20 bits per heavy atom. The summed E-state index contributed by atoms with van der Waals surface area (Å²) in [7, 11) is 0. The molecular weight excluding hydrogens is 256 g/mol. The molecule has 1 unspecified atom stereocenters. The molecule has 1 aliphatic rings. The van der Waals surface area contributed by atoms with Crippen LogP contribution in [0.3, 0.4) is 0 Å². The molecule has 0 amide bonds. The van der Waals surface area contributed by atoms with E-state index in [1.807, 2.05) is 13.0 Å². The average Bonchev–Trinajstić information content (AvgIpc) is 3.19. The molecule has 0 aromatic carbocycles. The van der Waals surface area contributed by atoms with E-state index in [9.17, 15) is 0 Å². The third kappa shape index (κ3) is 2.62. The van der Waals surface area contributed by atoms with Crippen molar-refractivity contribution in [3.8, 4) is 11.5 Å². The number of aryl methyl sites for hydroxylation is 1. The van der Waals surface area contributed by atoms with Crippen LogP contribution in [0.2, 0.25) is 0 Å². The normalized spacial score (nSPS) is 17.7. The van der Waals surface area contributed by atoms with E-state index in [0.29, 0.717) is 11.7 Å².